The second-order valence-corrected chi connectivity index (χ2v) is 10.7. The van der Waals surface area contributed by atoms with Gasteiger partial charge in [0.15, 0.2) is 17.3 Å². The molecule has 0 saturated carbocycles. The van der Waals surface area contributed by atoms with E-state index in [0.717, 1.165) is 0 Å². The molecule has 4 aromatic carbocycles. The number of hydrogen-bond donors (Lipinski definition) is 4. The van der Waals surface area contributed by atoms with Crippen LogP contribution in [0.25, 0.3) is 0 Å². The molecule has 0 amide bonds. The Morgan fingerprint density at radius 2 is 1.26 bits per heavy atom. The van der Waals surface area contributed by atoms with E-state index in [0.29, 0.717) is 10.9 Å². The number of carbonyl (C=O) groups excluding carboxylic acids is 3. The van der Waals surface area contributed by atoms with E-state index >= 15 is 0 Å². The molecule has 0 radical (unpaired) electrons. The van der Waals surface area contributed by atoms with Crippen LogP contribution in [0.2, 0.25) is 0 Å². The third-order valence-electron chi connectivity index (χ3n) is 8.20. The maximum absolute atomic E-state index is 13.6. The molecule has 11 heteroatoms. The molecule has 4 aromatic rings. The summed E-state index contributed by atoms with van der Waals surface area (Å²) in [5, 5.41) is 45.3. The van der Waals surface area contributed by atoms with Crippen LogP contribution >= 0.6 is 0 Å². The molecule has 2 aliphatic carbocycles. The highest BCUT2D eigenvalue weighted by Crippen LogP contribution is 2.52. The Morgan fingerprint density at radius 1 is 0.767 bits per heavy atom. The zero-order chi connectivity index (χ0) is 30.5. The maximum atomic E-state index is 13.6. The summed E-state index contributed by atoms with van der Waals surface area (Å²) in [5.41, 5.74) is -1.85. The Morgan fingerprint density at radius 3 is 1.79 bits per heavy atom. The van der Waals surface area contributed by atoms with Crippen molar-refractivity contribution in [2.24, 2.45) is 0 Å². The van der Waals surface area contributed by atoms with E-state index in [1.807, 2.05) is 0 Å². The molecule has 214 valence electrons. The van der Waals surface area contributed by atoms with Crippen LogP contribution in [-0.4, -0.2) is 57.4 Å². The number of benzene rings is 4. The number of hydrogen-bond acceptors (Lipinski definition) is 9. The fraction of sp³-hybridized carbons (Fsp3) is 0.156. The highest BCUT2D eigenvalue weighted by Gasteiger charge is 2.51. The highest BCUT2D eigenvalue weighted by molar-refractivity contribution is 6.60. The third-order valence-corrected chi connectivity index (χ3v) is 8.20. The Labute approximate surface area is 247 Å². The molecule has 0 heterocycles. The van der Waals surface area contributed by atoms with Gasteiger partial charge in [-0.15, -0.1) is 0 Å². The summed E-state index contributed by atoms with van der Waals surface area (Å²) in [7, 11) is -3.11. The van der Waals surface area contributed by atoms with Crippen LogP contribution in [0.5, 0.6) is 11.5 Å². The minimum atomic E-state index is -1.82. The number of Topliss-reactive ketones (excluding diaryl/α,β-unsaturated/α-hetero) is 1. The van der Waals surface area contributed by atoms with Crippen molar-refractivity contribution in [3.8, 4) is 11.5 Å². The van der Waals surface area contributed by atoms with Gasteiger partial charge in [0, 0.05) is 35.1 Å². The molecule has 0 aliphatic heterocycles. The average Bonchev–Trinajstić information content (AvgIpc) is 3.02. The summed E-state index contributed by atoms with van der Waals surface area (Å²) in [6.45, 7) is 1.26. The fourth-order valence-corrected chi connectivity index (χ4v) is 5.98. The predicted octanol–water partition coefficient (Wildman–Crippen LogP) is 2.00. The lowest BCUT2D eigenvalue weighted by atomic mass is 9.69. The summed E-state index contributed by atoms with van der Waals surface area (Å²) < 4.78 is 12.1. The Bertz CT molecular complexity index is 1760. The standard InChI is InChI=1S/C32H26B2O9/c1-18(35)32(43-34(41)20-12-6-3-7-13-20)16-23-25(24(17-32)42-33(40)19-10-4-2-5-11-19)31(39)27-26(30(23)38)28(36)21-14-8-9-15-22(21)29(27)37/h2-15,24,38-41H,16-17H2,1H3/t24-,32-/m0/s1. The van der Waals surface area contributed by atoms with E-state index in [2.05, 4.69) is 0 Å². The van der Waals surface area contributed by atoms with Crippen molar-refractivity contribution in [1.82, 2.24) is 0 Å². The Balaban J connectivity index is 1.53. The van der Waals surface area contributed by atoms with Gasteiger partial charge in [-0.05, 0) is 17.8 Å². The van der Waals surface area contributed by atoms with Crippen LogP contribution in [0.4, 0.5) is 0 Å². The van der Waals surface area contributed by atoms with Gasteiger partial charge < -0.3 is 29.6 Å². The van der Waals surface area contributed by atoms with Crippen molar-refractivity contribution >= 4 is 42.5 Å². The zero-order valence-corrected chi connectivity index (χ0v) is 23.1. The normalized spacial score (nSPS) is 18.8. The van der Waals surface area contributed by atoms with Crippen LogP contribution in [0.15, 0.2) is 84.9 Å². The van der Waals surface area contributed by atoms with E-state index in [1.165, 1.54) is 19.1 Å². The highest BCUT2D eigenvalue weighted by atomic mass is 16.6. The van der Waals surface area contributed by atoms with Gasteiger partial charge in [0.25, 0.3) is 0 Å². The number of ketones is 3. The first kappa shape index (κ1) is 28.6. The smallest absolute Gasteiger partial charge is 0.491 e. The number of carbonyl (C=O) groups is 3. The summed E-state index contributed by atoms with van der Waals surface area (Å²) in [4.78, 5) is 40.5. The molecule has 2 aliphatic rings. The monoisotopic (exact) mass is 576 g/mol. The van der Waals surface area contributed by atoms with Crippen molar-refractivity contribution < 1.29 is 44.0 Å². The average molecular weight is 576 g/mol. The summed E-state index contributed by atoms with van der Waals surface area (Å²) in [6, 6.07) is 22.8. The SMILES string of the molecule is CC(=O)[C@]1(OB(O)c2ccccc2)Cc2c(O)c3c(c(O)c2[C@@H](OB(O)c2ccccc2)C1)C(=O)c1ccccc1C3=O. The number of aromatic hydroxyl groups is 2. The molecular formula is C32H26B2O9. The molecule has 9 nitrogen and oxygen atoms in total. The van der Waals surface area contributed by atoms with Gasteiger partial charge in [-0.2, -0.15) is 0 Å². The summed E-state index contributed by atoms with van der Waals surface area (Å²) in [5.74, 6) is -3.07. The van der Waals surface area contributed by atoms with Crippen molar-refractivity contribution in [3.05, 3.63) is 118 Å². The second kappa shape index (κ2) is 10.9. The molecule has 0 aromatic heterocycles. The van der Waals surface area contributed by atoms with E-state index in [9.17, 15) is 34.6 Å². The lowest BCUT2D eigenvalue weighted by molar-refractivity contribution is -0.137. The zero-order valence-electron chi connectivity index (χ0n) is 23.1. The first-order chi connectivity index (χ1) is 20.6. The van der Waals surface area contributed by atoms with Gasteiger partial charge in [-0.3, -0.25) is 14.4 Å². The summed E-state index contributed by atoms with van der Waals surface area (Å²) >= 11 is 0. The van der Waals surface area contributed by atoms with E-state index in [4.69, 9.17) is 9.31 Å². The summed E-state index contributed by atoms with van der Waals surface area (Å²) in [6.07, 6.45) is -1.98. The van der Waals surface area contributed by atoms with Crippen LogP contribution in [0, 0.1) is 0 Å². The van der Waals surface area contributed by atoms with Crippen molar-refractivity contribution in [2.75, 3.05) is 0 Å². The van der Waals surface area contributed by atoms with Gasteiger partial charge in [0.2, 0.25) is 0 Å². The minimum Gasteiger partial charge on any atom is -0.507 e. The van der Waals surface area contributed by atoms with Gasteiger partial charge in [0.1, 0.15) is 17.1 Å². The van der Waals surface area contributed by atoms with Crippen molar-refractivity contribution in [1.29, 1.82) is 0 Å². The lowest BCUT2D eigenvalue weighted by Crippen LogP contribution is -2.54. The van der Waals surface area contributed by atoms with Gasteiger partial charge >= 0.3 is 14.2 Å². The quantitative estimate of drug-likeness (QED) is 0.169. The van der Waals surface area contributed by atoms with E-state index in [1.54, 1.807) is 72.8 Å². The number of rotatable bonds is 7. The molecule has 2 atom stereocenters. The molecule has 0 fully saturated rings. The Kier molecular flexibility index (Phi) is 7.27. The topological polar surface area (TPSA) is 151 Å². The van der Waals surface area contributed by atoms with E-state index in [-0.39, 0.29) is 40.7 Å². The molecule has 43 heavy (non-hydrogen) atoms. The first-order valence-corrected chi connectivity index (χ1v) is 13.7. The lowest BCUT2D eigenvalue weighted by Gasteiger charge is -2.42. The van der Waals surface area contributed by atoms with Crippen LogP contribution in [-0.2, 0) is 20.5 Å². The number of fused-ring (bicyclic) bond motifs is 3. The Hall–Kier alpha value is -4.54. The molecule has 4 N–H and O–H groups in total. The minimum absolute atomic E-state index is 0.0542. The van der Waals surface area contributed by atoms with Gasteiger partial charge in [-0.25, -0.2) is 0 Å². The molecule has 6 rings (SSSR count). The fourth-order valence-electron chi connectivity index (χ4n) is 5.98. The van der Waals surface area contributed by atoms with E-state index < -0.39 is 60.4 Å². The number of phenolic OH excluding ortho intramolecular Hbond substituents is 2. The molecule has 0 spiro atoms. The van der Waals surface area contributed by atoms with Crippen LogP contribution in [0.3, 0.4) is 0 Å². The predicted molar refractivity (Wildman–Crippen MR) is 158 cm³/mol. The second-order valence-electron chi connectivity index (χ2n) is 10.7. The molecule has 0 unspecified atom stereocenters. The van der Waals surface area contributed by atoms with Crippen molar-refractivity contribution in [3.63, 3.8) is 0 Å². The van der Waals surface area contributed by atoms with Crippen LogP contribution in [0.1, 0.15) is 62.4 Å². The van der Waals surface area contributed by atoms with Gasteiger partial charge in [0.05, 0.1) is 17.2 Å². The van der Waals surface area contributed by atoms with Crippen molar-refractivity contribution in [2.45, 2.75) is 31.5 Å². The maximum Gasteiger partial charge on any atom is 0.491 e. The largest absolute Gasteiger partial charge is 0.507 e. The molecular weight excluding hydrogens is 550 g/mol. The molecule has 0 saturated heterocycles. The number of phenols is 2. The van der Waals surface area contributed by atoms with Crippen LogP contribution < -0.4 is 10.9 Å². The molecule has 0 bridgehead atoms. The van der Waals surface area contributed by atoms with Gasteiger partial charge in [-0.1, -0.05) is 84.9 Å². The first-order valence-electron chi connectivity index (χ1n) is 13.7. The third kappa shape index (κ3) is 4.76.